The zero-order valence-electron chi connectivity index (χ0n) is 14.3. The zero-order chi connectivity index (χ0) is 15.8. The molecule has 0 saturated carbocycles. The van der Waals surface area contributed by atoms with Crippen LogP contribution in [0.5, 0.6) is 0 Å². The third-order valence-electron chi connectivity index (χ3n) is 3.20. The maximum absolute atomic E-state index is 5.19. The molecule has 0 atom stereocenters. The predicted octanol–water partition coefficient (Wildman–Crippen LogP) is 2.39. The van der Waals surface area contributed by atoms with Gasteiger partial charge in [-0.3, -0.25) is 0 Å². The second-order valence-corrected chi connectivity index (χ2v) is 6.15. The molecule has 0 radical (unpaired) electrons. The first-order valence-electron chi connectivity index (χ1n) is 7.73. The molecule has 0 aliphatic heterocycles. The summed E-state index contributed by atoms with van der Waals surface area (Å²) >= 11 is 0. The van der Waals surface area contributed by atoms with E-state index in [1.54, 1.807) is 7.11 Å². The smallest absolute Gasteiger partial charge is 0.225 e. The van der Waals surface area contributed by atoms with Crippen LogP contribution in [-0.4, -0.2) is 42.8 Å². The molecular weight excluding hydrogens is 264 g/mol. The van der Waals surface area contributed by atoms with E-state index in [-0.39, 0.29) is 0 Å². The number of nitrogens with zero attached hydrogens (tertiary/aromatic N) is 3. The molecule has 0 aliphatic rings. The van der Waals surface area contributed by atoms with Crippen LogP contribution in [0.15, 0.2) is 6.20 Å². The van der Waals surface area contributed by atoms with Gasteiger partial charge in [0.2, 0.25) is 5.95 Å². The van der Waals surface area contributed by atoms with Crippen LogP contribution in [0.1, 0.15) is 39.0 Å². The summed E-state index contributed by atoms with van der Waals surface area (Å²) in [5, 5.41) is 3.40. The van der Waals surface area contributed by atoms with Crippen molar-refractivity contribution in [3.63, 3.8) is 0 Å². The molecule has 1 heterocycles. The molecule has 1 aromatic heterocycles. The first-order valence-corrected chi connectivity index (χ1v) is 7.73. The van der Waals surface area contributed by atoms with E-state index in [0.717, 1.165) is 36.8 Å². The van der Waals surface area contributed by atoms with E-state index in [4.69, 9.17) is 4.74 Å². The van der Waals surface area contributed by atoms with E-state index in [0.29, 0.717) is 18.6 Å². The van der Waals surface area contributed by atoms with Crippen LogP contribution in [0.25, 0.3) is 0 Å². The van der Waals surface area contributed by atoms with Crippen molar-refractivity contribution in [2.24, 2.45) is 5.92 Å². The fraction of sp³-hybridized carbons (Fsp3) is 0.750. The first-order chi connectivity index (χ1) is 9.93. The normalized spacial score (nSPS) is 11.4. The summed E-state index contributed by atoms with van der Waals surface area (Å²) in [5.41, 5.74) is 2.20. The summed E-state index contributed by atoms with van der Waals surface area (Å²) in [6.07, 6.45) is 1.94. The maximum Gasteiger partial charge on any atom is 0.225 e. The van der Waals surface area contributed by atoms with Crippen LogP contribution >= 0.6 is 0 Å². The number of aryl methyl sites for hydroxylation is 1. The van der Waals surface area contributed by atoms with Gasteiger partial charge in [0.15, 0.2) is 0 Å². The molecule has 5 nitrogen and oxygen atoms in total. The average Bonchev–Trinajstić information content (AvgIpc) is 2.41. The van der Waals surface area contributed by atoms with E-state index in [9.17, 15) is 0 Å². The Labute approximate surface area is 129 Å². The Morgan fingerprint density at radius 2 is 2.00 bits per heavy atom. The number of rotatable bonds is 9. The van der Waals surface area contributed by atoms with Crippen molar-refractivity contribution >= 4 is 5.95 Å². The fourth-order valence-electron chi connectivity index (χ4n) is 2.03. The summed E-state index contributed by atoms with van der Waals surface area (Å²) < 4.78 is 5.19. The van der Waals surface area contributed by atoms with Gasteiger partial charge in [0.05, 0.1) is 6.61 Å². The van der Waals surface area contributed by atoms with Gasteiger partial charge in [-0.1, -0.05) is 27.7 Å². The Morgan fingerprint density at radius 3 is 2.52 bits per heavy atom. The van der Waals surface area contributed by atoms with Crippen LogP contribution in [0.3, 0.4) is 0 Å². The minimum absolute atomic E-state index is 0.461. The molecule has 1 rings (SSSR count). The van der Waals surface area contributed by atoms with Gasteiger partial charge in [-0.05, 0) is 12.8 Å². The molecule has 5 heteroatoms. The van der Waals surface area contributed by atoms with Gasteiger partial charge in [0.25, 0.3) is 0 Å². The van der Waals surface area contributed by atoms with Gasteiger partial charge in [-0.15, -0.1) is 0 Å². The van der Waals surface area contributed by atoms with Crippen LogP contribution in [0, 0.1) is 12.8 Å². The Hall–Kier alpha value is -1.20. The van der Waals surface area contributed by atoms with Crippen molar-refractivity contribution in [2.75, 3.05) is 31.7 Å². The number of hydrogen-bond acceptors (Lipinski definition) is 5. The minimum atomic E-state index is 0.461. The highest BCUT2D eigenvalue weighted by atomic mass is 16.5. The Morgan fingerprint density at radius 1 is 1.29 bits per heavy atom. The van der Waals surface area contributed by atoms with E-state index < -0.39 is 0 Å². The number of aromatic nitrogens is 2. The van der Waals surface area contributed by atoms with E-state index in [1.807, 2.05) is 13.1 Å². The molecule has 0 fully saturated rings. The van der Waals surface area contributed by atoms with Crippen molar-refractivity contribution in [1.29, 1.82) is 0 Å². The molecule has 120 valence electrons. The number of hydrogen-bond donors (Lipinski definition) is 1. The zero-order valence-corrected chi connectivity index (χ0v) is 14.3. The second-order valence-electron chi connectivity index (χ2n) is 6.15. The lowest BCUT2D eigenvalue weighted by Gasteiger charge is -2.24. The summed E-state index contributed by atoms with van der Waals surface area (Å²) in [6.45, 7) is 14.0. The molecule has 1 N–H and O–H groups in total. The Balaban J connectivity index is 2.81. The number of nitrogens with one attached hydrogen (secondary N) is 1. The van der Waals surface area contributed by atoms with Gasteiger partial charge in [-0.2, -0.15) is 0 Å². The van der Waals surface area contributed by atoms with Crippen LogP contribution in [0.2, 0.25) is 0 Å². The molecule has 0 bridgehead atoms. The summed E-state index contributed by atoms with van der Waals surface area (Å²) in [5.74, 6) is 1.36. The minimum Gasteiger partial charge on any atom is -0.383 e. The average molecular weight is 294 g/mol. The highest BCUT2D eigenvalue weighted by Crippen LogP contribution is 2.13. The van der Waals surface area contributed by atoms with Gasteiger partial charge in [0.1, 0.15) is 0 Å². The third kappa shape index (κ3) is 6.40. The summed E-state index contributed by atoms with van der Waals surface area (Å²) in [6, 6.07) is 0.461. The quantitative estimate of drug-likeness (QED) is 0.758. The van der Waals surface area contributed by atoms with Gasteiger partial charge >= 0.3 is 0 Å². The molecule has 0 spiro atoms. The number of anilines is 1. The van der Waals surface area contributed by atoms with E-state index in [1.165, 1.54) is 0 Å². The lowest BCUT2D eigenvalue weighted by atomic mass is 10.2. The highest BCUT2D eigenvalue weighted by molar-refractivity contribution is 5.33. The van der Waals surface area contributed by atoms with Crippen LogP contribution < -0.4 is 10.2 Å². The molecule has 0 unspecified atom stereocenters. The standard InChI is InChI=1S/C16H30N4O/c1-12(2)11-20(7-8-21-6)16-18-10-15(14(5)19-16)9-17-13(3)4/h10,12-13,17H,7-9,11H2,1-6H3. The first kappa shape index (κ1) is 17.9. The lowest BCUT2D eigenvalue weighted by molar-refractivity contribution is 0.204. The van der Waals surface area contributed by atoms with Crippen LogP contribution in [-0.2, 0) is 11.3 Å². The second kappa shape index (κ2) is 8.95. The highest BCUT2D eigenvalue weighted by Gasteiger charge is 2.13. The molecule has 0 aromatic carbocycles. The van der Waals surface area contributed by atoms with Crippen LogP contribution in [0.4, 0.5) is 5.95 Å². The summed E-state index contributed by atoms with van der Waals surface area (Å²) in [7, 11) is 1.72. The molecule has 1 aromatic rings. The largest absolute Gasteiger partial charge is 0.383 e. The third-order valence-corrected chi connectivity index (χ3v) is 3.20. The van der Waals surface area contributed by atoms with Crippen molar-refractivity contribution in [2.45, 2.75) is 47.2 Å². The monoisotopic (exact) mass is 294 g/mol. The molecule has 0 saturated heterocycles. The maximum atomic E-state index is 5.19. The summed E-state index contributed by atoms with van der Waals surface area (Å²) in [4.78, 5) is 11.4. The lowest BCUT2D eigenvalue weighted by Crippen LogP contribution is -2.33. The van der Waals surface area contributed by atoms with Crippen molar-refractivity contribution in [1.82, 2.24) is 15.3 Å². The fourth-order valence-corrected chi connectivity index (χ4v) is 2.03. The van der Waals surface area contributed by atoms with Gasteiger partial charge < -0.3 is 15.0 Å². The van der Waals surface area contributed by atoms with E-state index in [2.05, 4.69) is 47.9 Å². The topological polar surface area (TPSA) is 50.3 Å². The van der Waals surface area contributed by atoms with Gasteiger partial charge in [0, 0.05) is 50.2 Å². The van der Waals surface area contributed by atoms with Crippen molar-refractivity contribution in [3.8, 4) is 0 Å². The number of ether oxygens (including phenoxy) is 1. The van der Waals surface area contributed by atoms with Gasteiger partial charge in [-0.25, -0.2) is 9.97 Å². The van der Waals surface area contributed by atoms with Crippen molar-refractivity contribution in [3.05, 3.63) is 17.5 Å². The molecular formula is C16H30N4O. The Bertz CT molecular complexity index is 421. The molecule has 21 heavy (non-hydrogen) atoms. The SMILES string of the molecule is COCCN(CC(C)C)c1ncc(CNC(C)C)c(C)n1. The van der Waals surface area contributed by atoms with Crippen molar-refractivity contribution < 1.29 is 4.74 Å². The Kier molecular flexibility index (Phi) is 7.61. The predicted molar refractivity (Wildman–Crippen MR) is 87.7 cm³/mol. The number of methoxy groups -OCH3 is 1. The van der Waals surface area contributed by atoms with E-state index >= 15 is 0 Å². The molecule has 0 amide bonds. The molecule has 0 aliphatic carbocycles.